The highest BCUT2D eigenvalue weighted by Gasteiger charge is 2.26. The second-order valence-corrected chi connectivity index (χ2v) is 7.24. The van der Waals surface area contributed by atoms with Crippen molar-refractivity contribution in [1.29, 1.82) is 0 Å². The number of benzene rings is 2. The first-order valence-electron chi connectivity index (χ1n) is 9.92. The molecule has 1 aliphatic heterocycles. The number of carbonyl (C=O) groups is 1. The molecule has 2 aromatic carbocycles. The van der Waals surface area contributed by atoms with Gasteiger partial charge < -0.3 is 19.7 Å². The highest BCUT2D eigenvalue weighted by Crippen LogP contribution is 2.35. The Morgan fingerprint density at radius 3 is 2.67 bits per heavy atom. The molecule has 154 valence electrons. The Morgan fingerprint density at radius 1 is 1.10 bits per heavy atom. The Hall–Kier alpha value is -3.54. The summed E-state index contributed by atoms with van der Waals surface area (Å²) >= 11 is 0. The number of pyridine rings is 1. The third kappa shape index (κ3) is 3.81. The van der Waals surface area contributed by atoms with Crippen LogP contribution in [0.4, 0.5) is 11.4 Å². The van der Waals surface area contributed by atoms with Crippen LogP contribution in [0, 0.1) is 6.92 Å². The summed E-state index contributed by atoms with van der Waals surface area (Å²) in [6.45, 7) is 2.83. The van der Waals surface area contributed by atoms with Crippen molar-refractivity contribution in [3.05, 3.63) is 65.9 Å². The van der Waals surface area contributed by atoms with E-state index in [1.165, 1.54) is 0 Å². The molecule has 0 saturated heterocycles. The van der Waals surface area contributed by atoms with Crippen LogP contribution in [-0.4, -0.2) is 38.2 Å². The van der Waals surface area contributed by atoms with Crippen molar-refractivity contribution < 1.29 is 14.3 Å². The van der Waals surface area contributed by atoms with Crippen molar-refractivity contribution in [3.8, 4) is 22.8 Å². The third-order valence-corrected chi connectivity index (χ3v) is 5.34. The molecule has 0 atom stereocenters. The van der Waals surface area contributed by atoms with Crippen molar-refractivity contribution in [1.82, 2.24) is 4.98 Å². The van der Waals surface area contributed by atoms with Crippen LogP contribution in [0.1, 0.15) is 11.1 Å². The highest BCUT2D eigenvalue weighted by molar-refractivity contribution is 5.98. The number of nitrogens with zero attached hydrogens (tertiary/aromatic N) is 2. The molecular weight excluding hydrogens is 378 g/mol. The molecule has 0 spiro atoms. The maximum atomic E-state index is 12.9. The number of aromatic nitrogens is 1. The van der Waals surface area contributed by atoms with Gasteiger partial charge in [-0.15, -0.1) is 0 Å². The number of anilines is 2. The molecule has 0 radical (unpaired) electrons. The summed E-state index contributed by atoms with van der Waals surface area (Å²) in [6.07, 6.45) is 2.64. The van der Waals surface area contributed by atoms with E-state index < -0.39 is 0 Å². The Labute approximate surface area is 176 Å². The highest BCUT2D eigenvalue weighted by atomic mass is 16.5. The van der Waals surface area contributed by atoms with Gasteiger partial charge in [0.1, 0.15) is 11.5 Å². The third-order valence-electron chi connectivity index (χ3n) is 5.34. The van der Waals surface area contributed by atoms with Gasteiger partial charge in [0.2, 0.25) is 5.91 Å². The van der Waals surface area contributed by atoms with Gasteiger partial charge in [-0.05, 0) is 55.3 Å². The van der Waals surface area contributed by atoms with Crippen molar-refractivity contribution in [2.24, 2.45) is 0 Å². The van der Waals surface area contributed by atoms with E-state index in [4.69, 9.17) is 9.47 Å². The van der Waals surface area contributed by atoms with Crippen LogP contribution >= 0.6 is 0 Å². The zero-order chi connectivity index (χ0) is 21.1. The van der Waals surface area contributed by atoms with Crippen LogP contribution in [0.15, 0.2) is 54.7 Å². The zero-order valence-corrected chi connectivity index (χ0v) is 17.4. The van der Waals surface area contributed by atoms with E-state index in [2.05, 4.69) is 10.3 Å². The second kappa shape index (κ2) is 8.45. The Morgan fingerprint density at radius 2 is 1.93 bits per heavy atom. The van der Waals surface area contributed by atoms with Gasteiger partial charge in [0, 0.05) is 23.9 Å². The van der Waals surface area contributed by atoms with Crippen LogP contribution < -0.4 is 19.7 Å². The fraction of sp³-hybridized carbons (Fsp3) is 0.250. The average molecular weight is 403 g/mol. The molecule has 3 aromatic rings. The van der Waals surface area contributed by atoms with Gasteiger partial charge in [-0.2, -0.15) is 0 Å². The molecule has 0 unspecified atom stereocenters. The lowest BCUT2D eigenvalue weighted by atomic mass is 10.1. The minimum absolute atomic E-state index is 0.00270. The molecule has 0 aliphatic carbocycles. The monoisotopic (exact) mass is 403 g/mol. The summed E-state index contributed by atoms with van der Waals surface area (Å²) in [7, 11) is 3.28. The molecular formula is C24H25N3O3. The number of hydrogen-bond donors (Lipinski definition) is 1. The first kappa shape index (κ1) is 19.8. The van der Waals surface area contributed by atoms with Crippen LogP contribution in [0.3, 0.4) is 0 Å². The maximum absolute atomic E-state index is 12.9. The predicted molar refractivity (Wildman–Crippen MR) is 119 cm³/mol. The number of nitrogens with one attached hydrogen (secondary N) is 1. The smallest absolute Gasteiger partial charge is 0.246 e. The lowest BCUT2D eigenvalue weighted by molar-refractivity contribution is -0.116. The Bertz CT molecular complexity index is 1060. The van der Waals surface area contributed by atoms with Gasteiger partial charge in [-0.3, -0.25) is 9.78 Å². The number of aryl methyl sites for hydroxylation is 1. The first-order chi connectivity index (χ1) is 14.6. The molecule has 6 nitrogen and oxygen atoms in total. The fourth-order valence-electron chi connectivity index (χ4n) is 3.76. The van der Waals surface area contributed by atoms with Crippen molar-refractivity contribution in [2.75, 3.05) is 37.5 Å². The van der Waals surface area contributed by atoms with Gasteiger partial charge in [0.05, 0.1) is 37.8 Å². The standard InChI is InChI=1S/C24H25N3O3/c1-16-7-9-19(25-14-16)17-8-10-23(30-3)20(13-17)26-15-24(28)27-12-11-18-21(27)5-4-6-22(18)29-2/h4-10,13-14,26H,11-12,15H2,1-3H3. The van der Waals surface area contributed by atoms with E-state index in [0.29, 0.717) is 12.3 Å². The molecule has 30 heavy (non-hydrogen) atoms. The number of hydrogen-bond acceptors (Lipinski definition) is 5. The number of methoxy groups -OCH3 is 2. The van der Waals surface area contributed by atoms with Crippen LogP contribution in [-0.2, 0) is 11.2 Å². The normalized spacial score (nSPS) is 12.4. The lowest BCUT2D eigenvalue weighted by Crippen LogP contribution is -2.34. The molecule has 2 heterocycles. The topological polar surface area (TPSA) is 63.7 Å². The molecule has 0 bridgehead atoms. The summed E-state index contributed by atoms with van der Waals surface area (Å²) in [5.41, 5.74) is 5.71. The molecule has 4 rings (SSSR count). The maximum Gasteiger partial charge on any atom is 0.246 e. The van der Waals surface area contributed by atoms with E-state index >= 15 is 0 Å². The van der Waals surface area contributed by atoms with Crippen molar-refractivity contribution in [3.63, 3.8) is 0 Å². The second-order valence-electron chi connectivity index (χ2n) is 7.24. The molecule has 0 saturated carbocycles. The molecule has 0 fully saturated rings. The number of rotatable bonds is 6. The quantitative estimate of drug-likeness (QED) is 0.672. The van der Waals surface area contributed by atoms with Crippen molar-refractivity contribution >= 4 is 17.3 Å². The Balaban J connectivity index is 1.52. The molecule has 6 heteroatoms. The first-order valence-corrected chi connectivity index (χ1v) is 9.92. The van der Waals surface area contributed by atoms with Crippen LogP contribution in [0.2, 0.25) is 0 Å². The molecule has 1 amide bonds. The van der Waals surface area contributed by atoms with E-state index in [0.717, 1.165) is 45.9 Å². The van der Waals surface area contributed by atoms with Gasteiger partial charge in [-0.1, -0.05) is 12.1 Å². The summed E-state index contributed by atoms with van der Waals surface area (Å²) in [5.74, 6) is 1.51. The van der Waals surface area contributed by atoms with Crippen molar-refractivity contribution in [2.45, 2.75) is 13.3 Å². The summed E-state index contributed by atoms with van der Waals surface area (Å²) in [6, 6.07) is 15.6. The molecule has 1 aromatic heterocycles. The summed E-state index contributed by atoms with van der Waals surface area (Å²) < 4.78 is 10.9. The number of ether oxygens (including phenoxy) is 2. The van der Waals surface area contributed by atoms with Crippen LogP contribution in [0.25, 0.3) is 11.3 Å². The lowest BCUT2D eigenvalue weighted by Gasteiger charge is -2.19. The van der Waals surface area contributed by atoms with E-state index in [1.54, 1.807) is 14.2 Å². The number of amides is 1. The largest absolute Gasteiger partial charge is 0.496 e. The fourth-order valence-corrected chi connectivity index (χ4v) is 3.76. The Kier molecular flexibility index (Phi) is 5.57. The van der Waals surface area contributed by atoms with Gasteiger partial charge in [0.25, 0.3) is 0 Å². The van der Waals surface area contributed by atoms with Gasteiger partial charge >= 0.3 is 0 Å². The number of carbonyl (C=O) groups excluding carboxylic acids is 1. The van der Waals surface area contributed by atoms with E-state index in [1.807, 2.05) is 66.6 Å². The van der Waals surface area contributed by atoms with E-state index in [-0.39, 0.29) is 12.5 Å². The summed E-state index contributed by atoms with van der Waals surface area (Å²) in [4.78, 5) is 19.2. The zero-order valence-electron chi connectivity index (χ0n) is 17.4. The average Bonchev–Trinajstić information content (AvgIpc) is 3.22. The predicted octanol–water partition coefficient (Wildman–Crippen LogP) is 4.08. The molecule has 1 N–H and O–H groups in total. The minimum Gasteiger partial charge on any atom is -0.496 e. The van der Waals surface area contributed by atoms with Gasteiger partial charge in [-0.25, -0.2) is 0 Å². The van der Waals surface area contributed by atoms with Crippen LogP contribution in [0.5, 0.6) is 11.5 Å². The molecule has 1 aliphatic rings. The summed E-state index contributed by atoms with van der Waals surface area (Å²) in [5, 5.41) is 3.25. The van der Waals surface area contributed by atoms with E-state index in [9.17, 15) is 4.79 Å². The van der Waals surface area contributed by atoms with Gasteiger partial charge in [0.15, 0.2) is 0 Å². The number of fused-ring (bicyclic) bond motifs is 1. The SMILES string of the molecule is COc1ccc(-c2ccc(C)cn2)cc1NCC(=O)N1CCc2c(OC)cccc21. The minimum atomic E-state index is 0.00270.